The van der Waals surface area contributed by atoms with Gasteiger partial charge in [0, 0.05) is 12.8 Å². The molecule has 14 heteroatoms. The topological polar surface area (TPSA) is 210 Å². The minimum atomic E-state index is -5.13. The summed E-state index contributed by atoms with van der Waals surface area (Å²) in [5.74, 6) is -1.15. The molecule has 0 amide bonds. The van der Waals surface area contributed by atoms with Crippen LogP contribution in [0, 0.1) is 0 Å². The predicted molar refractivity (Wildman–Crippen MR) is 244 cm³/mol. The highest BCUT2D eigenvalue weighted by molar-refractivity contribution is 7.47. The van der Waals surface area contributed by atoms with Gasteiger partial charge in [-0.05, 0) is 44.9 Å². The first-order valence-corrected chi connectivity index (χ1v) is 25.8. The zero-order valence-electron chi connectivity index (χ0n) is 38.4. The van der Waals surface area contributed by atoms with Crippen molar-refractivity contribution in [2.24, 2.45) is 0 Å². The molecule has 362 valence electrons. The van der Waals surface area contributed by atoms with Crippen LogP contribution in [0.4, 0.5) is 0 Å². The van der Waals surface area contributed by atoms with Gasteiger partial charge in [-0.25, -0.2) is 4.57 Å². The summed E-state index contributed by atoms with van der Waals surface area (Å²) in [6.45, 7) is 3.26. The van der Waals surface area contributed by atoms with Gasteiger partial charge in [-0.2, -0.15) is 0 Å². The third-order valence-electron chi connectivity index (χ3n) is 11.2. The van der Waals surface area contributed by atoms with E-state index in [0.717, 1.165) is 44.9 Å². The number of hydrogen-bond acceptors (Lipinski definition) is 12. The van der Waals surface area contributed by atoms with Crippen molar-refractivity contribution in [3.8, 4) is 0 Å². The van der Waals surface area contributed by atoms with Gasteiger partial charge in [0.05, 0.1) is 6.61 Å². The quantitative estimate of drug-likeness (QED) is 0.0147. The molecule has 0 heterocycles. The van der Waals surface area contributed by atoms with Crippen molar-refractivity contribution in [1.82, 2.24) is 0 Å². The van der Waals surface area contributed by atoms with E-state index in [-0.39, 0.29) is 12.8 Å². The molecule has 1 aliphatic rings. The Kier molecular flexibility index (Phi) is 35.9. The van der Waals surface area contributed by atoms with Crippen LogP contribution in [0.1, 0.15) is 200 Å². The van der Waals surface area contributed by atoms with E-state index in [9.17, 15) is 44.6 Å². The lowest BCUT2D eigenvalue weighted by molar-refractivity contribution is -0.220. The second kappa shape index (κ2) is 38.3. The van der Waals surface area contributed by atoms with E-state index in [1.165, 1.54) is 109 Å². The molecule has 6 N–H and O–H groups in total. The minimum absolute atomic E-state index is 0.0895. The van der Waals surface area contributed by atoms with Crippen LogP contribution in [-0.2, 0) is 32.7 Å². The first kappa shape index (κ1) is 58.1. The number of unbranched alkanes of at least 4 members (excludes halogenated alkanes) is 22. The van der Waals surface area contributed by atoms with Crippen LogP contribution in [0.15, 0.2) is 36.5 Å². The van der Waals surface area contributed by atoms with Gasteiger partial charge in [-0.3, -0.25) is 18.6 Å². The van der Waals surface area contributed by atoms with Crippen molar-refractivity contribution < 1.29 is 63.1 Å². The van der Waals surface area contributed by atoms with Crippen molar-refractivity contribution in [2.45, 2.75) is 243 Å². The maximum Gasteiger partial charge on any atom is 0.472 e. The zero-order chi connectivity index (χ0) is 45.7. The molecular weight excluding hydrogens is 815 g/mol. The minimum Gasteiger partial charge on any atom is -0.462 e. The number of phosphoric acid groups is 1. The fourth-order valence-electron chi connectivity index (χ4n) is 7.30. The highest BCUT2D eigenvalue weighted by Gasteiger charge is 2.51. The molecule has 0 saturated heterocycles. The predicted octanol–water partition coefficient (Wildman–Crippen LogP) is 9.78. The largest absolute Gasteiger partial charge is 0.472 e. The van der Waals surface area contributed by atoms with Gasteiger partial charge in [-0.1, -0.05) is 179 Å². The highest BCUT2D eigenvalue weighted by Crippen LogP contribution is 2.47. The number of phosphoric ester groups is 1. The van der Waals surface area contributed by atoms with Crippen molar-refractivity contribution >= 4 is 19.8 Å². The summed E-state index contributed by atoms with van der Waals surface area (Å²) >= 11 is 0. The molecule has 1 saturated carbocycles. The maximum atomic E-state index is 12.8. The van der Waals surface area contributed by atoms with Crippen LogP contribution in [0.3, 0.4) is 0 Å². The van der Waals surface area contributed by atoms with Crippen molar-refractivity contribution in [2.75, 3.05) is 13.2 Å². The van der Waals surface area contributed by atoms with Crippen LogP contribution < -0.4 is 0 Å². The van der Waals surface area contributed by atoms with E-state index in [1.54, 1.807) is 0 Å². The van der Waals surface area contributed by atoms with Crippen LogP contribution >= 0.6 is 7.82 Å². The second-order valence-electron chi connectivity index (χ2n) is 17.0. The van der Waals surface area contributed by atoms with E-state index >= 15 is 0 Å². The summed E-state index contributed by atoms with van der Waals surface area (Å²) in [5, 5.41) is 50.2. The molecule has 1 aliphatic carbocycles. The monoisotopic (exact) mass is 903 g/mol. The van der Waals surface area contributed by atoms with E-state index in [2.05, 4.69) is 38.2 Å². The summed E-state index contributed by atoms with van der Waals surface area (Å²) in [4.78, 5) is 35.7. The van der Waals surface area contributed by atoms with E-state index in [0.29, 0.717) is 19.3 Å². The van der Waals surface area contributed by atoms with Crippen molar-refractivity contribution in [1.29, 1.82) is 0 Å². The number of carbonyl (C=O) groups excluding carboxylic acids is 2. The Morgan fingerprint density at radius 2 is 0.887 bits per heavy atom. The molecule has 0 aromatic heterocycles. The number of hydrogen-bond donors (Lipinski definition) is 6. The molecular formula is C48H87O13P. The van der Waals surface area contributed by atoms with E-state index in [1.807, 2.05) is 12.2 Å². The molecule has 62 heavy (non-hydrogen) atoms. The average molecular weight is 903 g/mol. The van der Waals surface area contributed by atoms with Gasteiger partial charge < -0.3 is 39.9 Å². The Morgan fingerprint density at radius 1 is 0.500 bits per heavy atom. The molecule has 0 aliphatic heterocycles. The Morgan fingerprint density at radius 3 is 1.37 bits per heavy atom. The Hall–Kier alpha value is -1.93. The molecule has 0 spiro atoms. The molecule has 6 unspecified atom stereocenters. The summed E-state index contributed by atoms with van der Waals surface area (Å²) in [7, 11) is -5.13. The van der Waals surface area contributed by atoms with Gasteiger partial charge in [0.15, 0.2) is 6.10 Å². The summed E-state index contributed by atoms with van der Waals surface area (Å²) in [6.07, 6.45) is 30.6. The lowest BCUT2D eigenvalue weighted by Crippen LogP contribution is -2.64. The normalized spacial score (nSPS) is 22.1. The Balaban J connectivity index is 2.47. The number of ether oxygens (including phenoxy) is 2. The number of rotatable bonds is 40. The van der Waals surface area contributed by atoms with Gasteiger partial charge in [-0.15, -0.1) is 0 Å². The van der Waals surface area contributed by atoms with Crippen molar-refractivity contribution in [3.63, 3.8) is 0 Å². The first-order chi connectivity index (χ1) is 29.9. The van der Waals surface area contributed by atoms with Gasteiger partial charge in [0.2, 0.25) is 0 Å². The lowest BCUT2D eigenvalue weighted by Gasteiger charge is -2.41. The highest BCUT2D eigenvalue weighted by atomic mass is 31.2. The Labute approximate surface area is 374 Å². The smallest absolute Gasteiger partial charge is 0.462 e. The third-order valence-corrected chi connectivity index (χ3v) is 12.2. The molecule has 0 aromatic carbocycles. The van der Waals surface area contributed by atoms with Crippen LogP contribution in [-0.4, -0.2) is 98.3 Å². The number of esters is 2. The number of aliphatic hydroxyl groups is 5. The molecule has 0 aromatic rings. The van der Waals surface area contributed by atoms with Crippen LogP contribution in [0.5, 0.6) is 0 Å². The van der Waals surface area contributed by atoms with Crippen LogP contribution in [0.2, 0.25) is 0 Å². The van der Waals surface area contributed by atoms with Gasteiger partial charge in [0.25, 0.3) is 0 Å². The molecule has 1 rings (SSSR count). The van der Waals surface area contributed by atoms with Gasteiger partial charge >= 0.3 is 19.8 Å². The van der Waals surface area contributed by atoms with E-state index < -0.39 is 75.7 Å². The summed E-state index contributed by atoms with van der Waals surface area (Å²) in [5.41, 5.74) is 0. The molecule has 0 radical (unpaired) electrons. The molecule has 13 nitrogen and oxygen atoms in total. The Bertz CT molecular complexity index is 1230. The fraction of sp³-hybridized carbons (Fsp3) is 0.833. The average Bonchev–Trinajstić information content (AvgIpc) is 3.25. The third kappa shape index (κ3) is 30.3. The number of aliphatic hydroxyl groups excluding tert-OH is 5. The van der Waals surface area contributed by atoms with Crippen molar-refractivity contribution in [3.05, 3.63) is 36.5 Å². The van der Waals surface area contributed by atoms with E-state index in [4.69, 9.17) is 18.5 Å². The number of carbonyl (C=O) groups is 2. The molecule has 0 bridgehead atoms. The standard InChI is InChI=1S/C48H87O13P/c1-3-5-7-9-11-13-15-17-19-21-23-24-26-28-30-32-34-36-41(49)58-38-40(39-59-62(56,57)61-48-46(54)44(52)43(51)45(53)47(48)55)60-42(50)37-35-33-31-29-27-25-22-20-18-16-14-12-10-8-6-4-2/h17,19,23-24,28,30,40,43-48,51-55H,3-16,18,20-22,25-27,29,31-39H2,1-2H3,(H,56,57)/b19-17+,24-23+,30-28+/t40-,43?,44-,45?,46?,47?,48?/m0/s1. The summed E-state index contributed by atoms with van der Waals surface area (Å²) < 4.78 is 33.5. The van der Waals surface area contributed by atoms with Crippen LogP contribution in [0.25, 0.3) is 0 Å². The van der Waals surface area contributed by atoms with Gasteiger partial charge in [0.1, 0.15) is 43.2 Å². The lowest BCUT2D eigenvalue weighted by atomic mass is 9.85. The second-order valence-corrected chi connectivity index (χ2v) is 18.4. The fourth-order valence-corrected chi connectivity index (χ4v) is 8.28. The summed E-state index contributed by atoms with van der Waals surface area (Å²) in [6, 6.07) is 0. The number of allylic oxidation sites excluding steroid dienone is 6. The molecule has 8 atom stereocenters. The zero-order valence-corrected chi connectivity index (χ0v) is 39.3. The first-order valence-electron chi connectivity index (χ1n) is 24.3. The SMILES string of the molecule is CCCCCCCC/C=C/C/C=C/C/C=C/CCCC(=O)OC[C@@H](COP(=O)(O)OC1C(O)C(O)C(O)[C@H](O)C1O)OC(=O)CCCCCCCCCCCCCCCCCC. The molecule has 1 fully saturated rings. The maximum absolute atomic E-state index is 12.8.